The molecular weight excluding hydrogens is 325 g/mol. The van der Waals surface area contributed by atoms with Crippen molar-refractivity contribution in [2.24, 2.45) is 5.73 Å². The number of nitrogens with zero attached hydrogens (tertiary/aromatic N) is 1. The zero-order valence-electron chi connectivity index (χ0n) is 9.83. The molecule has 0 aliphatic carbocycles. The minimum atomic E-state index is 0.715. The Morgan fingerprint density at radius 3 is 2.94 bits per heavy atom. The fourth-order valence-corrected chi connectivity index (χ4v) is 2.29. The first-order chi connectivity index (χ1) is 8.20. The monoisotopic (exact) mass is 341 g/mol. The standard InChI is InChI=1S/C13H16IN3/c1-9-7-13(16-6-2-5-15)11-8-10(14)3-4-12(11)17-9/h3-4,7-8H,2,5-6,15H2,1H3,(H,16,17). The first-order valence-electron chi connectivity index (χ1n) is 5.71. The van der Waals surface area contributed by atoms with E-state index in [1.54, 1.807) is 0 Å². The van der Waals surface area contributed by atoms with Gasteiger partial charge in [0, 0.05) is 26.9 Å². The Morgan fingerprint density at radius 2 is 2.18 bits per heavy atom. The van der Waals surface area contributed by atoms with E-state index in [4.69, 9.17) is 5.73 Å². The summed E-state index contributed by atoms with van der Waals surface area (Å²) in [6, 6.07) is 8.40. The van der Waals surface area contributed by atoms with Gasteiger partial charge in [-0.05, 0) is 66.7 Å². The van der Waals surface area contributed by atoms with Crippen LogP contribution in [0.15, 0.2) is 24.3 Å². The van der Waals surface area contributed by atoms with Gasteiger partial charge in [0.25, 0.3) is 0 Å². The number of halogens is 1. The molecule has 0 amide bonds. The van der Waals surface area contributed by atoms with Crippen molar-refractivity contribution in [3.8, 4) is 0 Å². The molecule has 3 nitrogen and oxygen atoms in total. The summed E-state index contributed by atoms with van der Waals surface area (Å²) in [5.41, 5.74) is 8.74. The number of hydrogen-bond acceptors (Lipinski definition) is 3. The van der Waals surface area contributed by atoms with Gasteiger partial charge in [-0.1, -0.05) is 0 Å². The third-order valence-corrected chi connectivity index (χ3v) is 3.27. The predicted octanol–water partition coefficient (Wildman–Crippen LogP) is 2.91. The fraction of sp³-hybridized carbons (Fsp3) is 0.308. The van der Waals surface area contributed by atoms with Crippen LogP contribution in [-0.2, 0) is 0 Å². The molecule has 3 N–H and O–H groups in total. The number of fused-ring (bicyclic) bond motifs is 1. The van der Waals surface area contributed by atoms with E-state index in [9.17, 15) is 0 Å². The number of rotatable bonds is 4. The van der Waals surface area contributed by atoms with E-state index >= 15 is 0 Å². The maximum absolute atomic E-state index is 5.51. The molecular formula is C13H16IN3. The van der Waals surface area contributed by atoms with Gasteiger partial charge in [0.05, 0.1) is 5.52 Å². The van der Waals surface area contributed by atoms with Crippen LogP contribution in [0.2, 0.25) is 0 Å². The van der Waals surface area contributed by atoms with Gasteiger partial charge in [-0.2, -0.15) is 0 Å². The molecule has 0 bridgehead atoms. The highest BCUT2D eigenvalue weighted by atomic mass is 127. The zero-order valence-corrected chi connectivity index (χ0v) is 12.0. The van der Waals surface area contributed by atoms with E-state index in [1.807, 2.05) is 6.92 Å². The van der Waals surface area contributed by atoms with E-state index in [0.717, 1.165) is 29.9 Å². The first-order valence-corrected chi connectivity index (χ1v) is 6.79. The number of anilines is 1. The lowest BCUT2D eigenvalue weighted by molar-refractivity contribution is 0.875. The van der Waals surface area contributed by atoms with Crippen LogP contribution in [0.3, 0.4) is 0 Å². The second-order valence-electron chi connectivity index (χ2n) is 4.04. The van der Waals surface area contributed by atoms with Crippen LogP contribution in [0.4, 0.5) is 5.69 Å². The highest BCUT2D eigenvalue weighted by Gasteiger charge is 2.04. The minimum Gasteiger partial charge on any atom is -0.384 e. The van der Waals surface area contributed by atoms with Gasteiger partial charge in [0.2, 0.25) is 0 Å². The average Bonchev–Trinajstić information content (AvgIpc) is 2.30. The van der Waals surface area contributed by atoms with Crippen molar-refractivity contribution in [3.63, 3.8) is 0 Å². The summed E-state index contributed by atoms with van der Waals surface area (Å²) in [7, 11) is 0. The Bertz CT molecular complexity index is 525. The predicted molar refractivity (Wildman–Crippen MR) is 81.4 cm³/mol. The van der Waals surface area contributed by atoms with E-state index in [1.165, 1.54) is 8.96 Å². The average molecular weight is 341 g/mol. The van der Waals surface area contributed by atoms with Gasteiger partial charge in [-0.3, -0.25) is 4.98 Å². The number of nitrogens with one attached hydrogen (secondary N) is 1. The Hall–Kier alpha value is -0.880. The molecule has 0 aliphatic heterocycles. The lowest BCUT2D eigenvalue weighted by Gasteiger charge is -2.10. The topological polar surface area (TPSA) is 50.9 Å². The lowest BCUT2D eigenvalue weighted by atomic mass is 10.1. The van der Waals surface area contributed by atoms with Crippen molar-refractivity contribution in [1.82, 2.24) is 4.98 Å². The number of aromatic nitrogens is 1. The Balaban J connectivity index is 2.40. The first kappa shape index (κ1) is 12.6. The summed E-state index contributed by atoms with van der Waals surface area (Å²) >= 11 is 2.32. The molecule has 2 rings (SSSR count). The van der Waals surface area contributed by atoms with Crippen LogP contribution < -0.4 is 11.1 Å². The maximum Gasteiger partial charge on any atom is 0.0726 e. The van der Waals surface area contributed by atoms with Crippen molar-refractivity contribution in [3.05, 3.63) is 33.5 Å². The molecule has 1 aromatic heterocycles. The highest BCUT2D eigenvalue weighted by molar-refractivity contribution is 14.1. The van der Waals surface area contributed by atoms with Crippen molar-refractivity contribution in [2.75, 3.05) is 18.4 Å². The van der Waals surface area contributed by atoms with Crippen LogP contribution in [0, 0.1) is 10.5 Å². The van der Waals surface area contributed by atoms with Gasteiger partial charge < -0.3 is 11.1 Å². The summed E-state index contributed by atoms with van der Waals surface area (Å²) in [6.45, 7) is 3.64. The SMILES string of the molecule is Cc1cc(NCCCN)c2cc(I)ccc2n1. The Morgan fingerprint density at radius 1 is 1.35 bits per heavy atom. The van der Waals surface area contributed by atoms with Gasteiger partial charge in [-0.15, -0.1) is 0 Å². The second-order valence-corrected chi connectivity index (χ2v) is 5.29. The summed E-state index contributed by atoms with van der Waals surface area (Å²) < 4.78 is 1.22. The molecule has 1 heterocycles. The van der Waals surface area contributed by atoms with Gasteiger partial charge in [0.1, 0.15) is 0 Å². The number of benzene rings is 1. The molecule has 0 saturated heterocycles. The van der Waals surface area contributed by atoms with E-state index in [0.29, 0.717) is 6.54 Å². The maximum atomic E-state index is 5.51. The summed E-state index contributed by atoms with van der Waals surface area (Å²) in [5.74, 6) is 0. The fourth-order valence-electron chi connectivity index (χ4n) is 1.80. The molecule has 4 heteroatoms. The van der Waals surface area contributed by atoms with Gasteiger partial charge in [0.15, 0.2) is 0 Å². The number of aryl methyl sites for hydroxylation is 1. The molecule has 0 atom stereocenters. The zero-order chi connectivity index (χ0) is 12.3. The molecule has 0 radical (unpaired) electrons. The normalized spacial score (nSPS) is 10.8. The molecule has 0 spiro atoms. The molecule has 0 saturated carbocycles. The molecule has 1 aromatic carbocycles. The van der Waals surface area contributed by atoms with Crippen molar-refractivity contribution in [1.29, 1.82) is 0 Å². The van der Waals surface area contributed by atoms with Gasteiger partial charge >= 0.3 is 0 Å². The molecule has 17 heavy (non-hydrogen) atoms. The van der Waals surface area contributed by atoms with Crippen molar-refractivity contribution < 1.29 is 0 Å². The summed E-state index contributed by atoms with van der Waals surface area (Å²) in [4.78, 5) is 4.54. The number of pyridine rings is 1. The quantitative estimate of drug-likeness (QED) is 0.664. The summed E-state index contributed by atoms with van der Waals surface area (Å²) in [6.07, 6.45) is 0.979. The summed E-state index contributed by atoms with van der Waals surface area (Å²) in [5, 5.41) is 4.61. The van der Waals surface area contributed by atoms with E-state index < -0.39 is 0 Å². The van der Waals surface area contributed by atoms with Crippen molar-refractivity contribution >= 4 is 39.2 Å². The molecule has 90 valence electrons. The molecule has 0 aliphatic rings. The third-order valence-electron chi connectivity index (χ3n) is 2.60. The number of nitrogens with two attached hydrogens (primary N) is 1. The molecule has 0 unspecified atom stereocenters. The van der Waals surface area contributed by atoms with Gasteiger partial charge in [-0.25, -0.2) is 0 Å². The highest BCUT2D eigenvalue weighted by Crippen LogP contribution is 2.24. The molecule has 2 aromatic rings. The van der Waals surface area contributed by atoms with E-state index in [2.05, 4.69) is 57.2 Å². The Labute approximate surface area is 115 Å². The third kappa shape index (κ3) is 3.07. The van der Waals surface area contributed by atoms with Crippen LogP contribution in [0.1, 0.15) is 12.1 Å². The van der Waals surface area contributed by atoms with Crippen LogP contribution in [0.5, 0.6) is 0 Å². The van der Waals surface area contributed by atoms with Crippen LogP contribution in [-0.4, -0.2) is 18.1 Å². The van der Waals surface area contributed by atoms with Crippen molar-refractivity contribution in [2.45, 2.75) is 13.3 Å². The van der Waals surface area contributed by atoms with E-state index in [-0.39, 0.29) is 0 Å². The largest absolute Gasteiger partial charge is 0.384 e. The minimum absolute atomic E-state index is 0.715. The van der Waals surface area contributed by atoms with Crippen LogP contribution >= 0.6 is 22.6 Å². The second kappa shape index (κ2) is 5.64. The number of hydrogen-bond donors (Lipinski definition) is 2. The smallest absolute Gasteiger partial charge is 0.0726 e. The Kier molecular flexibility index (Phi) is 4.17. The molecule has 0 fully saturated rings. The lowest BCUT2D eigenvalue weighted by Crippen LogP contribution is -2.09. The van der Waals surface area contributed by atoms with Crippen LogP contribution in [0.25, 0.3) is 10.9 Å².